The molecule has 12 heavy (non-hydrogen) atoms. The third-order valence-electron chi connectivity index (χ3n) is 1.29. The van der Waals surface area contributed by atoms with E-state index in [0.717, 1.165) is 5.69 Å². The van der Waals surface area contributed by atoms with Crippen LogP contribution < -0.4 is 5.32 Å². The molecule has 1 rings (SSSR count). The van der Waals surface area contributed by atoms with Crippen molar-refractivity contribution >= 4 is 5.82 Å². The number of aromatic nitrogens is 4. The molecule has 0 saturated carbocycles. The minimum atomic E-state index is 0.712. The summed E-state index contributed by atoms with van der Waals surface area (Å²) < 4.78 is 0. The van der Waals surface area contributed by atoms with Gasteiger partial charge in [-0.15, -0.1) is 10.2 Å². The minimum Gasteiger partial charge on any atom is -0.372 e. The molecule has 0 spiro atoms. The molecule has 1 heterocycles. The average Bonchev–Trinajstić information content (AvgIpc) is 2.17. The first-order valence-corrected chi connectivity index (χ1v) is 3.57. The molecule has 0 saturated heterocycles. The van der Waals surface area contributed by atoms with Crippen LogP contribution in [0.25, 0.3) is 0 Å². The molecule has 1 aromatic heterocycles. The Bertz CT molecular complexity index is 292. The van der Waals surface area contributed by atoms with Crippen molar-refractivity contribution < 1.29 is 0 Å². The van der Waals surface area contributed by atoms with Crippen LogP contribution in [0.5, 0.6) is 0 Å². The number of nitrogens with one attached hydrogen (secondary N) is 2. The van der Waals surface area contributed by atoms with Crippen molar-refractivity contribution in [3.05, 3.63) is 24.2 Å². The van der Waals surface area contributed by atoms with Gasteiger partial charge >= 0.3 is 0 Å². The second-order valence-corrected chi connectivity index (χ2v) is 2.20. The molecule has 0 aliphatic carbocycles. The van der Waals surface area contributed by atoms with E-state index in [4.69, 9.17) is 0 Å². The highest BCUT2D eigenvalue weighted by molar-refractivity contribution is 5.29. The standard InChI is InChI=1S/C7H11N5/c1-6-3-4-7(8-2)11-12-10-5-9-6/h3-5,12H,1-2H3,(H,8,11). The van der Waals surface area contributed by atoms with E-state index in [-0.39, 0.29) is 0 Å². The molecule has 0 aliphatic rings. The lowest BCUT2D eigenvalue weighted by Crippen LogP contribution is -1.90. The van der Waals surface area contributed by atoms with Crippen LogP contribution in [0.4, 0.5) is 5.82 Å². The van der Waals surface area contributed by atoms with Gasteiger partial charge in [-0.1, -0.05) is 0 Å². The fraction of sp³-hybridized carbons (Fsp3) is 0.286. The summed E-state index contributed by atoms with van der Waals surface area (Å²) in [5.74, 6) is 0.712. The van der Waals surface area contributed by atoms with Gasteiger partial charge in [0.05, 0.1) is 0 Å². The average molecular weight is 165 g/mol. The second kappa shape index (κ2) is 4.27. The first kappa shape index (κ1) is 8.45. The van der Waals surface area contributed by atoms with Crippen molar-refractivity contribution in [2.24, 2.45) is 0 Å². The molecule has 0 atom stereocenters. The lowest BCUT2D eigenvalue weighted by atomic mass is 10.4. The van der Waals surface area contributed by atoms with Gasteiger partial charge in [0.2, 0.25) is 0 Å². The zero-order chi connectivity index (χ0) is 8.81. The zero-order valence-electron chi connectivity index (χ0n) is 7.07. The van der Waals surface area contributed by atoms with Crippen LogP contribution in [-0.4, -0.2) is 27.4 Å². The number of anilines is 1. The lowest BCUT2D eigenvalue weighted by molar-refractivity contribution is 0.871. The number of nitrogens with zero attached hydrogens (tertiary/aromatic N) is 3. The molecule has 5 heteroatoms. The molecule has 0 radical (unpaired) electrons. The molecule has 0 unspecified atom stereocenters. The predicted octanol–water partition coefficient (Wildman–Crippen LogP) is 0.674. The number of hydrogen-bond acceptors (Lipinski definition) is 4. The largest absolute Gasteiger partial charge is 0.372 e. The third kappa shape index (κ3) is 2.53. The highest BCUT2D eigenvalue weighted by atomic mass is 15.3. The molecule has 0 bridgehead atoms. The topological polar surface area (TPSA) is 66.5 Å². The fourth-order valence-electron chi connectivity index (χ4n) is 0.648. The lowest BCUT2D eigenvalue weighted by Gasteiger charge is -1.89. The summed E-state index contributed by atoms with van der Waals surface area (Å²) in [6.45, 7) is 1.89. The molecule has 0 amide bonds. The summed E-state index contributed by atoms with van der Waals surface area (Å²) in [7, 11) is 1.79. The summed E-state index contributed by atoms with van der Waals surface area (Å²) >= 11 is 0. The first-order valence-electron chi connectivity index (χ1n) is 3.57. The number of aromatic amines is 1. The van der Waals surface area contributed by atoms with Crippen molar-refractivity contribution in [2.75, 3.05) is 12.4 Å². The van der Waals surface area contributed by atoms with Crippen LogP contribution in [0.15, 0.2) is 18.5 Å². The van der Waals surface area contributed by atoms with E-state index in [0.29, 0.717) is 5.82 Å². The van der Waals surface area contributed by atoms with Gasteiger partial charge in [0.25, 0.3) is 0 Å². The first-order chi connectivity index (χ1) is 5.83. The molecule has 64 valence electrons. The maximum atomic E-state index is 3.99. The van der Waals surface area contributed by atoms with Gasteiger partial charge in [-0.2, -0.15) is 5.21 Å². The maximum absolute atomic E-state index is 3.99. The molecule has 0 fully saturated rings. The van der Waals surface area contributed by atoms with Gasteiger partial charge in [-0.3, -0.25) is 0 Å². The van der Waals surface area contributed by atoms with E-state index < -0.39 is 0 Å². The Morgan fingerprint density at radius 3 is 3.00 bits per heavy atom. The number of rotatable bonds is 1. The van der Waals surface area contributed by atoms with Crippen molar-refractivity contribution in [3.8, 4) is 0 Å². The number of H-pyrrole nitrogens is 1. The van der Waals surface area contributed by atoms with Crippen LogP contribution in [0, 0.1) is 6.92 Å². The SMILES string of the molecule is CNc1ccc(C)ncn[nH]n1. The molecule has 2 N–H and O–H groups in total. The monoisotopic (exact) mass is 165 g/mol. The van der Waals surface area contributed by atoms with Crippen LogP contribution in [0.3, 0.4) is 0 Å². The zero-order valence-corrected chi connectivity index (χ0v) is 7.07. The van der Waals surface area contributed by atoms with Gasteiger partial charge in [0.1, 0.15) is 12.1 Å². The van der Waals surface area contributed by atoms with E-state index in [2.05, 4.69) is 25.7 Å². The van der Waals surface area contributed by atoms with E-state index in [1.54, 1.807) is 7.05 Å². The maximum Gasteiger partial charge on any atom is 0.147 e. The summed E-state index contributed by atoms with van der Waals surface area (Å²) in [6.07, 6.45) is 1.42. The Morgan fingerprint density at radius 1 is 1.42 bits per heavy atom. The summed E-state index contributed by atoms with van der Waals surface area (Å²) in [4.78, 5) is 3.99. The molecular formula is C7H11N5. The Labute approximate surface area is 70.6 Å². The summed E-state index contributed by atoms with van der Waals surface area (Å²) in [5.41, 5.74) is 0.880. The fourth-order valence-corrected chi connectivity index (χ4v) is 0.648. The summed E-state index contributed by atoms with van der Waals surface area (Å²) in [6, 6.07) is 3.68. The minimum absolute atomic E-state index is 0.712. The molecule has 0 aliphatic heterocycles. The Morgan fingerprint density at radius 2 is 2.25 bits per heavy atom. The molecule has 0 aromatic carbocycles. The highest BCUT2D eigenvalue weighted by Crippen LogP contribution is 1.94. The van der Waals surface area contributed by atoms with E-state index in [9.17, 15) is 0 Å². The van der Waals surface area contributed by atoms with Gasteiger partial charge < -0.3 is 5.32 Å². The molecular weight excluding hydrogens is 154 g/mol. The summed E-state index contributed by atoms with van der Waals surface area (Å²) in [5, 5.41) is 13.0. The van der Waals surface area contributed by atoms with E-state index in [1.165, 1.54) is 6.33 Å². The van der Waals surface area contributed by atoms with Crippen LogP contribution in [-0.2, 0) is 0 Å². The smallest absolute Gasteiger partial charge is 0.147 e. The Kier molecular flexibility index (Phi) is 3.01. The second-order valence-electron chi connectivity index (χ2n) is 2.20. The van der Waals surface area contributed by atoms with Gasteiger partial charge in [-0.05, 0) is 19.1 Å². The highest BCUT2D eigenvalue weighted by Gasteiger charge is 1.82. The van der Waals surface area contributed by atoms with E-state index in [1.807, 2.05) is 19.1 Å². The van der Waals surface area contributed by atoms with Gasteiger partial charge in [0.15, 0.2) is 0 Å². The third-order valence-corrected chi connectivity index (χ3v) is 1.29. The quantitative estimate of drug-likeness (QED) is 0.642. The number of aryl methyl sites for hydroxylation is 1. The van der Waals surface area contributed by atoms with Crippen molar-refractivity contribution in [1.82, 2.24) is 20.4 Å². The van der Waals surface area contributed by atoms with Crippen molar-refractivity contribution in [3.63, 3.8) is 0 Å². The normalized spacial score (nSPS) is 8.83. The van der Waals surface area contributed by atoms with Crippen molar-refractivity contribution in [1.29, 1.82) is 0 Å². The van der Waals surface area contributed by atoms with Gasteiger partial charge in [0, 0.05) is 12.7 Å². The van der Waals surface area contributed by atoms with Gasteiger partial charge in [-0.25, -0.2) is 4.98 Å². The van der Waals surface area contributed by atoms with Crippen molar-refractivity contribution in [2.45, 2.75) is 6.92 Å². The van der Waals surface area contributed by atoms with E-state index >= 15 is 0 Å². The van der Waals surface area contributed by atoms with Crippen LogP contribution in [0.2, 0.25) is 0 Å². The Hall–Kier alpha value is -1.65. The molecule has 1 aromatic rings. The predicted molar refractivity (Wildman–Crippen MR) is 46.1 cm³/mol. The Balaban J connectivity index is 3.17. The van der Waals surface area contributed by atoms with Crippen LogP contribution in [0.1, 0.15) is 5.69 Å². The molecule has 5 nitrogen and oxygen atoms in total. The number of hydrogen-bond donors (Lipinski definition) is 2. The van der Waals surface area contributed by atoms with Crippen LogP contribution >= 0.6 is 0 Å².